The fourth-order valence-corrected chi connectivity index (χ4v) is 2.36. The highest BCUT2D eigenvalue weighted by Crippen LogP contribution is 2.21. The van der Waals surface area contributed by atoms with Crippen LogP contribution < -0.4 is 16.4 Å². The summed E-state index contributed by atoms with van der Waals surface area (Å²) in [5, 5.41) is 6.43. The number of nitrogens with two attached hydrogens (primary N) is 1. The third-order valence-electron chi connectivity index (χ3n) is 3.40. The number of likely N-dealkylation sites (tertiary alicyclic amines) is 1. The molecule has 1 aliphatic rings. The first-order chi connectivity index (χ1) is 9.31. The van der Waals surface area contributed by atoms with Gasteiger partial charge in [0.25, 0.3) is 0 Å². The Morgan fingerprint density at radius 2 is 1.84 bits per heavy atom. The molecule has 19 heavy (non-hydrogen) atoms. The molecule has 1 aliphatic heterocycles. The van der Waals surface area contributed by atoms with Crippen LogP contribution in [0.15, 0.2) is 6.33 Å². The maximum absolute atomic E-state index is 6.03. The molecule has 0 spiro atoms. The van der Waals surface area contributed by atoms with Gasteiger partial charge in [0.2, 0.25) is 0 Å². The summed E-state index contributed by atoms with van der Waals surface area (Å²) in [7, 11) is 0. The van der Waals surface area contributed by atoms with E-state index in [-0.39, 0.29) is 0 Å². The lowest BCUT2D eigenvalue weighted by molar-refractivity contribution is 0.237. The van der Waals surface area contributed by atoms with E-state index in [9.17, 15) is 0 Å². The summed E-state index contributed by atoms with van der Waals surface area (Å²) >= 11 is 0. The fraction of sp³-hybridized carbons (Fsp3) is 0.692. The molecule has 4 N–H and O–H groups in total. The summed E-state index contributed by atoms with van der Waals surface area (Å²) in [4.78, 5) is 10.8. The van der Waals surface area contributed by atoms with E-state index >= 15 is 0 Å². The van der Waals surface area contributed by atoms with Crippen molar-refractivity contribution in [2.75, 3.05) is 49.1 Å². The van der Waals surface area contributed by atoms with Gasteiger partial charge in [0.15, 0.2) is 11.6 Å². The average molecular weight is 264 g/mol. The van der Waals surface area contributed by atoms with Crippen molar-refractivity contribution in [3.8, 4) is 0 Å². The molecule has 2 heterocycles. The van der Waals surface area contributed by atoms with E-state index in [2.05, 4.69) is 25.5 Å². The summed E-state index contributed by atoms with van der Waals surface area (Å²) in [6, 6.07) is 0. The lowest BCUT2D eigenvalue weighted by Gasteiger charge is -2.26. The molecular formula is C13H24N6. The van der Waals surface area contributed by atoms with Crippen molar-refractivity contribution >= 4 is 17.3 Å². The topological polar surface area (TPSA) is 79.1 Å². The molecule has 0 aliphatic carbocycles. The zero-order valence-corrected chi connectivity index (χ0v) is 11.7. The lowest BCUT2D eigenvalue weighted by atomic mass is 10.1. The summed E-state index contributed by atoms with van der Waals surface area (Å²) in [5.74, 6) is 1.43. The number of nitrogens with zero attached hydrogens (tertiary/aromatic N) is 3. The van der Waals surface area contributed by atoms with Crippen LogP contribution in [-0.2, 0) is 0 Å². The van der Waals surface area contributed by atoms with Crippen molar-refractivity contribution < 1.29 is 0 Å². The third kappa shape index (κ3) is 3.96. The Morgan fingerprint density at radius 1 is 1.16 bits per heavy atom. The summed E-state index contributed by atoms with van der Waals surface area (Å²) in [6.45, 7) is 7.15. The molecule has 0 aromatic carbocycles. The van der Waals surface area contributed by atoms with Crippen molar-refractivity contribution in [3.63, 3.8) is 0 Å². The lowest BCUT2D eigenvalue weighted by Crippen LogP contribution is -2.33. The molecule has 0 saturated carbocycles. The van der Waals surface area contributed by atoms with Gasteiger partial charge in [-0.3, -0.25) is 0 Å². The van der Waals surface area contributed by atoms with Gasteiger partial charge in [-0.1, -0.05) is 6.42 Å². The second-order valence-corrected chi connectivity index (χ2v) is 4.84. The standard InChI is InChI=1S/C13H24N6/c1-2-15-12-11(14)13(18-10-17-12)16-6-9-19-7-4-3-5-8-19/h10H,2-9,14H2,1H3,(H2,15,16,17,18). The van der Waals surface area contributed by atoms with E-state index in [1.165, 1.54) is 38.7 Å². The quantitative estimate of drug-likeness (QED) is 0.720. The summed E-state index contributed by atoms with van der Waals surface area (Å²) in [6.07, 6.45) is 5.55. The maximum Gasteiger partial charge on any atom is 0.154 e. The first-order valence-electron chi connectivity index (χ1n) is 7.12. The van der Waals surface area contributed by atoms with E-state index in [1.807, 2.05) is 6.92 Å². The summed E-state index contributed by atoms with van der Waals surface area (Å²) < 4.78 is 0. The Morgan fingerprint density at radius 3 is 2.53 bits per heavy atom. The Hall–Kier alpha value is -1.56. The van der Waals surface area contributed by atoms with E-state index in [0.717, 1.165) is 25.5 Å². The highest BCUT2D eigenvalue weighted by Gasteiger charge is 2.10. The van der Waals surface area contributed by atoms with Crippen LogP contribution in [0.2, 0.25) is 0 Å². The maximum atomic E-state index is 6.03. The van der Waals surface area contributed by atoms with Gasteiger partial charge in [-0.05, 0) is 32.9 Å². The molecule has 6 nitrogen and oxygen atoms in total. The van der Waals surface area contributed by atoms with Crippen LogP contribution in [0.1, 0.15) is 26.2 Å². The van der Waals surface area contributed by atoms with Crippen molar-refractivity contribution in [2.45, 2.75) is 26.2 Å². The van der Waals surface area contributed by atoms with Crippen LogP contribution in [0, 0.1) is 0 Å². The number of nitrogens with one attached hydrogen (secondary N) is 2. The molecule has 1 fully saturated rings. The molecule has 0 amide bonds. The number of anilines is 3. The largest absolute Gasteiger partial charge is 0.393 e. The summed E-state index contributed by atoms with van der Waals surface area (Å²) in [5.41, 5.74) is 6.63. The van der Waals surface area contributed by atoms with Crippen molar-refractivity contribution in [2.24, 2.45) is 0 Å². The van der Waals surface area contributed by atoms with Crippen molar-refractivity contribution in [3.05, 3.63) is 6.33 Å². The second-order valence-electron chi connectivity index (χ2n) is 4.84. The number of hydrogen-bond donors (Lipinski definition) is 3. The highest BCUT2D eigenvalue weighted by atomic mass is 15.2. The third-order valence-corrected chi connectivity index (χ3v) is 3.40. The number of rotatable bonds is 6. The molecule has 1 aromatic rings. The van der Waals surface area contributed by atoms with Crippen LogP contribution in [0.5, 0.6) is 0 Å². The van der Waals surface area contributed by atoms with Crippen LogP contribution in [0.4, 0.5) is 17.3 Å². The Kier molecular flexibility index (Phi) is 5.20. The smallest absolute Gasteiger partial charge is 0.154 e. The zero-order chi connectivity index (χ0) is 13.5. The van der Waals surface area contributed by atoms with Gasteiger partial charge in [0, 0.05) is 19.6 Å². The van der Waals surface area contributed by atoms with E-state index in [0.29, 0.717) is 11.5 Å². The van der Waals surface area contributed by atoms with Gasteiger partial charge < -0.3 is 21.3 Å². The minimum Gasteiger partial charge on any atom is -0.393 e. The van der Waals surface area contributed by atoms with E-state index in [1.54, 1.807) is 0 Å². The molecule has 0 radical (unpaired) electrons. The minimum absolute atomic E-state index is 0.600. The van der Waals surface area contributed by atoms with Crippen LogP contribution in [-0.4, -0.2) is 47.6 Å². The molecule has 0 bridgehead atoms. The Labute approximate surface area is 114 Å². The molecule has 6 heteroatoms. The van der Waals surface area contributed by atoms with Crippen LogP contribution in [0.25, 0.3) is 0 Å². The van der Waals surface area contributed by atoms with Gasteiger partial charge in [0.05, 0.1) is 0 Å². The molecular weight excluding hydrogens is 240 g/mol. The van der Waals surface area contributed by atoms with Crippen LogP contribution in [0.3, 0.4) is 0 Å². The SMILES string of the molecule is CCNc1ncnc(NCCN2CCCCC2)c1N. The predicted molar refractivity (Wildman–Crippen MR) is 79.4 cm³/mol. The van der Waals surface area contributed by atoms with Crippen molar-refractivity contribution in [1.82, 2.24) is 14.9 Å². The molecule has 1 aromatic heterocycles. The molecule has 106 valence electrons. The predicted octanol–water partition coefficient (Wildman–Crippen LogP) is 1.39. The molecule has 2 rings (SSSR count). The first kappa shape index (κ1) is 13.9. The number of aromatic nitrogens is 2. The fourth-order valence-electron chi connectivity index (χ4n) is 2.36. The minimum atomic E-state index is 0.600. The number of piperidine rings is 1. The molecule has 0 unspecified atom stereocenters. The Balaban J connectivity index is 1.83. The Bertz CT molecular complexity index is 389. The van der Waals surface area contributed by atoms with Gasteiger partial charge in [-0.25, -0.2) is 9.97 Å². The van der Waals surface area contributed by atoms with Gasteiger partial charge in [-0.2, -0.15) is 0 Å². The zero-order valence-electron chi connectivity index (χ0n) is 11.7. The number of nitrogen functional groups attached to an aromatic ring is 1. The van der Waals surface area contributed by atoms with Crippen molar-refractivity contribution in [1.29, 1.82) is 0 Å². The average Bonchev–Trinajstić information content (AvgIpc) is 2.44. The normalized spacial score (nSPS) is 16.3. The van der Waals surface area contributed by atoms with Gasteiger partial charge >= 0.3 is 0 Å². The second kappa shape index (κ2) is 7.13. The van der Waals surface area contributed by atoms with Gasteiger partial charge in [-0.15, -0.1) is 0 Å². The molecule has 0 atom stereocenters. The van der Waals surface area contributed by atoms with Gasteiger partial charge in [0.1, 0.15) is 12.0 Å². The molecule has 1 saturated heterocycles. The van der Waals surface area contributed by atoms with Crippen LogP contribution >= 0.6 is 0 Å². The monoisotopic (exact) mass is 264 g/mol. The first-order valence-corrected chi connectivity index (χ1v) is 7.12. The van der Waals surface area contributed by atoms with E-state index < -0.39 is 0 Å². The number of hydrogen-bond acceptors (Lipinski definition) is 6. The van der Waals surface area contributed by atoms with E-state index in [4.69, 9.17) is 5.73 Å². The highest BCUT2D eigenvalue weighted by molar-refractivity contribution is 5.73.